The molecule has 0 aromatic heterocycles. The number of methoxy groups -OCH3 is 1. The summed E-state index contributed by atoms with van der Waals surface area (Å²) in [4.78, 5) is 11.1. The van der Waals surface area contributed by atoms with Crippen LogP contribution in [-0.4, -0.2) is 24.7 Å². The lowest BCUT2D eigenvalue weighted by Crippen LogP contribution is -2.10. The van der Waals surface area contributed by atoms with Crippen molar-refractivity contribution in [2.75, 3.05) is 13.7 Å². The highest BCUT2D eigenvalue weighted by Crippen LogP contribution is 2.25. The molecule has 0 aliphatic rings. The van der Waals surface area contributed by atoms with Crippen molar-refractivity contribution in [3.63, 3.8) is 0 Å². The van der Waals surface area contributed by atoms with Crippen molar-refractivity contribution in [3.8, 4) is 5.75 Å². The van der Waals surface area contributed by atoms with Gasteiger partial charge in [-0.05, 0) is 18.2 Å². The minimum Gasteiger partial charge on any atom is -0.491 e. The summed E-state index contributed by atoms with van der Waals surface area (Å²) in [6.45, 7) is 0.207. The van der Waals surface area contributed by atoms with E-state index in [4.69, 9.17) is 34.3 Å². The molecule has 1 aromatic carbocycles. The van der Waals surface area contributed by atoms with E-state index in [9.17, 15) is 4.79 Å². The fraction of sp³-hybridized carbons (Fsp3) is 0.273. The number of hydrogen-bond acceptors (Lipinski definition) is 4. The number of nitrogens with two attached hydrogens (primary N) is 1. The Morgan fingerprint density at radius 1 is 1.53 bits per heavy atom. The zero-order valence-corrected chi connectivity index (χ0v) is 10.8. The van der Waals surface area contributed by atoms with Crippen molar-refractivity contribution >= 4 is 34.8 Å². The van der Waals surface area contributed by atoms with Crippen LogP contribution in [-0.2, 0) is 9.53 Å². The first-order valence-electron chi connectivity index (χ1n) is 4.83. The third-order valence-corrected chi connectivity index (χ3v) is 2.54. The molecule has 17 heavy (non-hydrogen) atoms. The summed E-state index contributed by atoms with van der Waals surface area (Å²) >= 11 is 10.8. The first-order valence-corrected chi connectivity index (χ1v) is 5.62. The fourth-order valence-electron chi connectivity index (χ4n) is 1.12. The maximum Gasteiger partial charge on any atom is 0.308 e. The highest BCUT2D eigenvalue weighted by atomic mass is 35.5. The maximum atomic E-state index is 10.9. The molecule has 4 nitrogen and oxygen atoms in total. The molecule has 0 unspecified atom stereocenters. The minimum atomic E-state index is -0.333. The monoisotopic (exact) mass is 273 g/mol. The Kier molecular flexibility index (Phi) is 5.18. The zero-order valence-electron chi connectivity index (χ0n) is 9.23. The highest BCUT2D eigenvalue weighted by molar-refractivity contribution is 7.80. The molecule has 0 heterocycles. The predicted octanol–water partition coefficient (Wildman–Crippen LogP) is 1.92. The Morgan fingerprint density at radius 2 is 2.24 bits per heavy atom. The minimum absolute atomic E-state index is 0.171. The van der Waals surface area contributed by atoms with Gasteiger partial charge in [0.25, 0.3) is 0 Å². The van der Waals surface area contributed by atoms with Crippen LogP contribution >= 0.6 is 23.8 Å². The van der Waals surface area contributed by atoms with Crippen LogP contribution in [0.3, 0.4) is 0 Å². The van der Waals surface area contributed by atoms with Crippen molar-refractivity contribution < 1.29 is 14.3 Å². The van der Waals surface area contributed by atoms with Gasteiger partial charge < -0.3 is 15.2 Å². The molecule has 92 valence electrons. The van der Waals surface area contributed by atoms with E-state index in [-0.39, 0.29) is 24.0 Å². The molecule has 0 atom stereocenters. The van der Waals surface area contributed by atoms with Gasteiger partial charge in [0.2, 0.25) is 0 Å². The van der Waals surface area contributed by atoms with Crippen molar-refractivity contribution in [3.05, 3.63) is 28.8 Å². The van der Waals surface area contributed by atoms with Crippen LogP contribution < -0.4 is 10.5 Å². The van der Waals surface area contributed by atoms with Crippen LogP contribution in [0.15, 0.2) is 18.2 Å². The Labute approximate surface area is 110 Å². The van der Waals surface area contributed by atoms with Gasteiger partial charge in [-0.3, -0.25) is 4.79 Å². The number of benzene rings is 1. The molecule has 0 spiro atoms. The van der Waals surface area contributed by atoms with Gasteiger partial charge >= 0.3 is 5.97 Å². The van der Waals surface area contributed by atoms with Crippen molar-refractivity contribution in [2.45, 2.75) is 6.42 Å². The molecule has 0 aliphatic heterocycles. The standard InChI is InChI=1S/C11H12ClNO3S/c1-15-10(14)4-5-16-9-3-2-7(11(13)17)6-8(9)12/h2-3,6H,4-5H2,1H3,(H2,13,17). The molecule has 0 saturated heterocycles. The van der Waals surface area contributed by atoms with Gasteiger partial charge in [-0.25, -0.2) is 0 Å². The Balaban J connectivity index is 2.60. The number of rotatable bonds is 5. The van der Waals surface area contributed by atoms with E-state index in [1.807, 2.05) is 0 Å². The third kappa shape index (κ3) is 4.20. The second-order valence-corrected chi connectivity index (χ2v) is 4.03. The molecule has 0 saturated carbocycles. The number of carbonyl (C=O) groups is 1. The van der Waals surface area contributed by atoms with Crippen molar-refractivity contribution in [2.24, 2.45) is 5.73 Å². The quantitative estimate of drug-likeness (QED) is 0.656. The number of esters is 1. The molecule has 6 heteroatoms. The van der Waals surface area contributed by atoms with E-state index in [0.29, 0.717) is 16.3 Å². The van der Waals surface area contributed by atoms with E-state index in [1.165, 1.54) is 7.11 Å². The van der Waals surface area contributed by atoms with Gasteiger partial charge in [0.05, 0.1) is 25.2 Å². The summed E-state index contributed by atoms with van der Waals surface area (Å²) in [5.74, 6) is 0.149. The van der Waals surface area contributed by atoms with E-state index in [1.54, 1.807) is 18.2 Å². The molecule has 0 amide bonds. The van der Waals surface area contributed by atoms with Gasteiger partial charge in [-0.2, -0.15) is 0 Å². The second kappa shape index (κ2) is 6.42. The molecular weight excluding hydrogens is 262 g/mol. The van der Waals surface area contributed by atoms with Crippen molar-refractivity contribution in [1.29, 1.82) is 0 Å². The number of hydrogen-bond donors (Lipinski definition) is 1. The Bertz CT molecular complexity index is 437. The molecule has 1 rings (SSSR count). The summed E-state index contributed by atoms with van der Waals surface area (Å²) in [5, 5.41) is 0.403. The van der Waals surface area contributed by atoms with Gasteiger partial charge in [-0.1, -0.05) is 23.8 Å². The lowest BCUT2D eigenvalue weighted by molar-refractivity contribution is -0.141. The average molecular weight is 274 g/mol. The predicted molar refractivity (Wildman–Crippen MR) is 69.5 cm³/mol. The largest absolute Gasteiger partial charge is 0.491 e. The van der Waals surface area contributed by atoms with Crippen LogP contribution in [0.5, 0.6) is 5.75 Å². The van der Waals surface area contributed by atoms with Crippen LogP contribution in [0, 0.1) is 0 Å². The van der Waals surface area contributed by atoms with E-state index >= 15 is 0 Å². The smallest absolute Gasteiger partial charge is 0.308 e. The Morgan fingerprint density at radius 3 is 2.76 bits per heavy atom. The van der Waals surface area contributed by atoms with Crippen LogP contribution in [0.2, 0.25) is 5.02 Å². The fourth-order valence-corrected chi connectivity index (χ4v) is 1.48. The lowest BCUT2D eigenvalue weighted by Gasteiger charge is -2.08. The van der Waals surface area contributed by atoms with Gasteiger partial charge in [0.1, 0.15) is 10.7 Å². The van der Waals surface area contributed by atoms with E-state index in [0.717, 1.165) is 0 Å². The van der Waals surface area contributed by atoms with Crippen LogP contribution in [0.4, 0.5) is 0 Å². The summed E-state index contributed by atoms with van der Waals surface area (Å²) < 4.78 is 9.81. The van der Waals surface area contributed by atoms with Gasteiger partial charge in [0, 0.05) is 5.56 Å². The summed E-state index contributed by atoms with van der Waals surface area (Å²) in [5.41, 5.74) is 6.13. The molecular formula is C11H12ClNO3S. The summed E-state index contributed by atoms with van der Waals surface area (Å²) in [6, 6.07) is 4.99. The van der Waals surface area contributed by atoms with Crippen molar-refractivity contribution in [1.82, 2.24) is 0 Å². The molecule has 0 fully saturated rings. The second-order valence-electron chi connectivity index (χ2n) is 3.18. The maximum absolute atomic E-state index is 10.9. The SMILES string of the molecule is COC(=O)CCOc1ccc(C(N)=S)cc1Cl. The van der Waals surface area contributed by atoms with Crippen LogP contribution in [0.1, 0.15) is 12.0 Å². The first-order chi connectivity index (χ1) is 8.04. The number of thiocarbonyl (C=S) groups is 1. The number of halogens is 1. The highest BCUT2D eigenvalue weighted by Gasteiger charge is 2.06. The average Bonchev–Trinajstić information content (AvgIpc) is 2.30. The molecule has 0 bridgehead atoms. The van der Waals surface area contributed by atoms with E-state index < -0.39 is 0 Å². The molecule has 1 aromatic rings. The number of carbonyl (C=O) groups excluding carboxylic acids is 1. The van der Waals surface area contributed by atoms with E-state index in [2.05, 4.69) is 4.74 Å². The third-order valence-electron chi connectivity index (χ3n) is 2.01. The zero-order chi connectivity index (χ0) is 12.8. The molecule has 0 radical (unpaired) electrons. The molecule has 0 aliphatic carbocycles. The lowest BCUT2D eigenvalue weighted by atomic mass is 10.2. The number of ether oxygens (including phenoxy) is 2. The molecule has 2 N–H and O–H groups in total. The van der Waals surface area contributed by atoms with Crippen LogP contribution in [0.25, 0.3) is 0 Å². The van der Waals surface area contributed by atoms with Gasteiger partial charge in [0.15, 0.2) is 0 Å². The first kappa shape index (κ1) is 13.7. The summed E-state index contributed by atoms with van der Waals surface area (Å²) in [6.07, 6.45) is 0.171. The summed E-state index contributed by atoms with van der Waals surface area (Å²) in [7, 11) is 1.33. The van der Waals surface area contributed by atoms with Gasteiger partial charge in [-0.15, -0.1) is 0 Å². The normalized spacial score (nSPS) is 9.76. The topological polar surface area (TPSA) is 61.5 Å². The Hall–Kier alpha value is -1.33.